The van der Waals surface area contributed by atoms with E-state index in [0.29, 0.717) is 0 Å². The number of rotatable bonds is 2. The molecule has 0 atom stereocenters. The molecule has 1 N–H and O–H groups in total. The highest BCUT2D eigenvalue weighted by Gasteiger charge is 2.06. The van der Waals surface area contributed by atoms with Crippen molar-refractivity contribution in [3.05, 3.63) is 51.5 Å². The van der Waals surface area contributed by atoms with E-state index < -0.39 is 0 Å². The molecular weight excluding hydrogens is 332 g/mol. The third-order valence-corrected chi connectivity index (χ3v) is 5.42. The Morgan fingerprint density at radius 3 is 2.45 bits per heavy atom. The first-order chi connectivity index (χ1) is 9.52. The number of thiazole rings is 1. The molecule has 3 rings (SSSR count). The number of nitrogens with zero attached hydrogens (tertiary/aromatic N) is 1. The van der Waals surface area contributed by atoms with Gasteiger partial charge in [0.2, 0.25) is 0 Å². The molecule has 4 heteroatoms. The number of hydrogen-bond donors (Lipinski definition) is 1. The highest BCUT2D eigenvalue weighted by molar-refractivity contribution is 9.10. The van der Waals surface area contributed by atoms with Crippen LogP contribution in [0.2, 0.25) is 0 Å². The zero-order valence-corrected chi connectivity index (χ0v) is 14.0. The summed E-state index contributed by atoms with van der Waals surface area (Å²) in [5, 5.41) is 4.35. The molecule has 0 aliphatic heterocycles. The van der Waals surface area contributed by atoms with Crippen molar-refractivity contribution in [3.8, 4) is 0 Å². The van der Waals surface area contributed by atoms with E-state index in [4.69, 9.17) is 0 Å². The molecule has 0 radical (unpaired) electrons. The Morgan fingerprint density at radius 2 is 1.75 bits per heavy atom. The maximum Gasteiger partial charge on any atom is 0.188 e. The normalized spacial score (nSPS) is 11.0. The number of anilines is 2. The molecule has 20 heavy (non-hydrogen) atoms. The van der Waals surface area contributed by atoms with Crippen LogP contribution in [-0.4, -0.2) is 4.98 Å². The smallest absolute Gasteiger partial charge is 0.188 e. The van der Waals surface area contributed by atoms with Crippen LogP contribution in [0.1, 0.15) is 16.7 Å². The molecule has 2 aromatic carbocycles. The predicted octanol–water partition coefficient (Wildman–Crippen LogP) is 5.73. The van der Waals surface area contributed by atoms with Crippen LogP contribution in [0.15, 0.2) is 34.8 Å². The summed E-state index contributed by atoms with van der Waals surface area (Å²) >= 11 is 5.28. The van der Waals surface area contributed by atoms with Crippen molar-refractivity contribution in [1.29, 1.82) is 0 Å². The lowest BCUT2D eigenvalue weighted by molar-refractivity contribution is 1.33. The first kappa shape index (κ1) is 13.6. The summed E-state index contributed by atoms with van der Waals surface area (Å²) in [6.07, 6.45) is 0. The van der Waals surface area contributed by atoms with Gasteiger partial charge in [-0.25, -0.2) is 4.98 Å². The van der Waals surface area contributed by atoms with E-state index in [0.717, 1.165) is 16.3 Å². The van der Waals surface area contributed by atoms with Gasteiger partial charge in [-0.3, -0.25) is 0 Å². The molecule has 3 aromatic rings. The summed E-state index contributed by atoms with van der Waals surface area (Å²) in [6.45, 7) is 6.31. The lowest BCUT2D eigenvalue weighted by atomic mass is 10.1. The third-order valence-electron chi connectivity index (χ3n) is 3.23. The lowest BCUT2D eigenvalue weighted by Crippen LogP contribution is -1.92. The number of fused-ring (bicyclic) bond motifs is 1. The van der Waals surface area contributed by atoms with Crippen LogP contribution in [0.25, 0.3) is 10.2 Å². The van der Waals surface area contributed by atoms with E-state index in [1.807, 2.05) is 0 Å². The first-order valence-corrected chi connectivity index (χ1v) is 8.05. The SMILES string of the molecule is Cc1ccc2nc(Nc3cc(C)c(Br)c(C)c3)sc2c1. The van der Waals surface area contributed by atoms with E-state index in [-0.39, 0.29) is 0 Å². The minimum atomic E-state index is 0.937. The van der Waals surface area contributed by atoms with Gasteiger partial charge < -0.3 is 5.32 Å². The molecule has 102 valence electrons. The molecule has 0 spiro atoms. The fraction of sp³-hybridized carbons (Fsp3) is 0.188. The van der Waals surface area contributed by atoms with E-state index in [1.54, 1.807) is 11.3 Å². The number of aryl methyl sites for hydroxylation is 3. The summed E-state index contributed by atoms with van der Waals surface area (Å²) in [5.74, 6) is 0. The molecule has 1 aromatic heterocycles. The second-order valence-corrected chi connectivity index (χ2v) is 6.86. The van der Waals surface area contributed by atoms with E-state index >= 15 is 0 Å². The van der Waals surface area contributed by atoms with Crippen molar-refractivity contribution in [3.63, 3.8) is 0 Å². The Hall–Kier alpha value is -1.39. The summed E-state index contributed by atoms with van der Waals surface area (Å²) in [5.41, 5.74) is 5.85. The van der Waals surface area contributed by atoms with Gasteiger partial charge in [-0.05, 0) is 61.7 Å². The van der Waals surface area contributed by atoms with Crippen LogP contribution in [0.3, 0.4) is 0 Å². The fourth-order valence-corrected chi connectivity index (χ4v) is 3.44. The van der Waals surface area contributed by atoms with Crippen molar-refractivity contribution in [1.82, 2.24) is 4.98 Å². The maximum atomic E-state index is 4.63. The van der Waals surface area contributed by atoms with Gasteiger partial charge in [-0.2, -0.15) is 0 Å². The quantitative estimate of drug-likeness (QED) is 0.641. The lowest BCUT2D eigenvalue weighted by Gasteiger charge is -2.08. The van der Waals surface area contributed by atoms with Crippen molar-refractivity contribution in [2.45, 2.75) is 20.8 Å². The number of aromatic nitrogens is 1. The van der Waals surface area contributed by atoms with Crippen molar-refractivity contribution in [2.75, 3.05) is 5.32 Å². The molecule has 0 aliphatic carbocycles. The minimum Gasteiger partial charge on any atom is -0.332 e. The van der Waals surface area contributed by atoms with Gasteiger partial charge in [0.15, 0.2) is 5.13 Å². The van der Waals surface area contributed by atoms with Crippen LogP contribution in [0.5, 0.6) is 0 Å². The monoisotopic (exact) mass is 346 g/mol. The fourth-order valence-electron chi connectivity index (χ4n) is 2.23. The summed E-state index contributed by atoms with van der Waals surface area (Å²) < 4.78 is 2.39. The van der Waals surface area contributed by atoms with E-state index in [1.165, 1.54) is 25.9 Å². The molecule has 0 unspecified atom stereocenters. The van der Waals surface area contributed by atoms with Crippen LogP contribution in [0, 0.1) is 20.8 Å². The molecule has 1 heterocycles. The predicted molar refractivity (Wildman–Crippen MR) is 91.3 cm³/mol. The van der Waals surface area contributed by atoms with Gasteiger partial charge in [0.05, 0.1) is 10.2 Å². The van der Waals surface area contributed by atoms with Crippen LogP contribution < -0.4 is 5.32 Å². The van der Waals surface area contributed by atoms with Gasteiger partial charge in [-0.15, -0.1) is 0 Å². The van der Waals surface area contributed by atoms with Crippen molar-refractivity contribution < 1.29 is 0 Å². The Bertz CT molecular complexity index is 769. The van der Waals surface area contributed by atoms with Gasteiger partial charge in [0, 0.05) is 10.2 Å². The molecule has 0 saturated heterocycles. The third kappa shape index (κ3) is 2.58. The highest BCUT2D eigenvalue weighted by atomic mass is 79.9. The zero-order chi connectivity index (χ0) is 14.3. The molecule has 0 aliphatic rings. The molecule has 0 fully saturated rings. The zero-order valence-electron chi connectivity index (χ0n) is 11.6. The summed E-state index contributed by atoms with van der Waals surface area (Å²) in [6, 6.07) is 10.6. The number of nitrogens with one attached hydrogen (secondary N) is 1. The standard InChI is InChI=1S/C16H15BrN2S/c1-9-4-5-13-14(6-9)20-16(19-13)18-12-7-10(2)15(17)11(3)8-12/h4-8H,1-3H3,(H,18,19). The highest BCUT2D eigenvalue weighted by Crippen LogP contribution is 2.31. The number of hydrogen-bond acceptors (Lipinski definition) is 3. The second-order valence-electron chi connectivity index (χ2n) is 5.04. The summed E-state index contributed by atoms with van der Waals surface area (Å²) in [4.78, 5) is 4.63. The van der Waals surface area contributed by atoms with Crippen LogP contribution in [0.4, 0.5) is 10.8 Å². The Kier molecular flexibility index (Phi) is 3.52. The van der Waals surface area contributed by atoms with Crippen molar-refractivity contribution in [2.24, 2.45) is 0 Å². The van der Waals surface area contributed by atoms with E-state index in [9.17, 15) is 0 Å². The Labute approximate surface area is 131 Å². The van der Waals surface area contributed by atoms with Gasteiger partial charge in [0.25, 0.3) is 0 Å². The molecule has 0 bridgehead atoms. The van der Waals surface area contributed by atoms with Gasteiger partial charge in [-0.1, -0.05) is 33.3 Å². The minimum absolute atomic E-state index is 0.937. The molecular formula is C16H15BrN2S. The summed E-state index contributed by atoms with van der Waals surface area (Å²) in [7, 11) is 0. The topological polar surface area (TPSA) is 24.9 Å². The maximum absolute atomic E-state index is 4.63. The average Bonchev–Trinajstić information content (AvgIpc) is 2.77. The molecule has 2 nitrogen and oxygen atoms in total. The number of halogens is 1. The largest absolute Gasteiger partial charge is 0.332 e. The van der Waals surface area contributed by atoms with Crippen LogP contribution >= 0.6 is 27.3 Å². The van der Waals surface area contributed by atoms with Gasteiger partial charge >= 0.3 is 0 Å². The molecule has 0 amide bonds. The van der Waals surface area contributed by atoms with Crippen LogP contribution in [-0.2, 0) is 0 Å². The Morgan fingerprint density at radius 1 is 1.05 bits per heavy atom. The molecule has 0 saturated carbocycles. The first-order valence-electron chi connectivity index (χ1n) is 6.44. The van der Waals surface area contributed by atoms with Crippen molar-refractivity contribution >= 4 is 48.3 Å². The number of benzene rings is 2. The van der Waals surface area contributed by atoms with E-state index in [2.05, 4.69) is 77.3 Å². The van der Waals surface area contributed by atoms with Gasteiger partial charge in [0.1, 0.15) is 0 Å². The average molecular weight is 347 g/mol. The Balaban J connectivity index is 1.96. The second kappa shape index (κ2) is 5.19.